The molecule has 1 aromatic rings. The van der Waals surface area contributed by atoms with E-state index in [1.807, 2.05) is 18.7 Å². The van der Waals surface area contributed by atoms with Gasteiger partial charge in [0, 0.05) is 18.2 Å². The Kier molecular flexibility index (Phi) is 5.49. The molecule has 0 spiro atoms. The van der Waals surface area contributed by atoms with Crippen LogP contribution in [-0.4, -0.2) is 40.3 Å². The Morgan fingerprint density at radius 3 is 2.42 bits per heavy atom. The van der Waals surface area contributed by atoms with Gasteiger partial charge in [-0.05, 0) is 56.8 Å². The summed E-state index contributed by atoms with van der Waals surface area (Å²) in [5.74, 6) is -0.792. The average Bonchev–Trinajstić information content (AvgIpc) is 2.53. The number of nitro benzene ring substituents is 1. The number of likely N-dealkylation sites (tertiary alicyclic amines) is 1. The predicted octanol–water partition coefficient (Wildman–Crippen LogP) is 3.60. The maximum absolute atomic E-state index is 12.6. The Morgan fingerprint density at radius 2 is 1.92 bits per heavy atom. The topological polar surface area (TPSA) is 66.6 Å². The van der Waals surface area contributed by atoms with Gasteiger partial charge in [0.1, 0.15) is 0 Å². The molecule has 8 heteroatoms. The van der Waals surface area contributed by atoms with Crippen LogP contribution in [-0.2, 0) is 0 Å². The third-order valence-corrected chi connectivity index (χ3v) is 4.83. The summed E-state index contributed by atoms with van der Waals surface area (Å²) in [4.78, 5) is 12.5. The van der Waals surface area contributed by atoms with E-state index in [9.17, 15) is 28.4 Å². The van der Waals surface area contributed by atoms with Crippen molar-refractivity contribution < 1.29 is 23.2 Å². The van der Waals surface area contributed by atoms with Gasteiger partial charge < -0.3 is 5.11 Å². The fourth-order valence-electron chi connectivity index (χ4n) is 3.28. The number of halogens is 3. The molecule has 0 saturated carbocycles. The van der Waals surface area contributed by atoms with Gasteiger partial charge in [-0.3, -0.25) is 15.0 Å². The number of non-ortho nitro benzene ring substituents is 1. The largest absolute Gasteiger partial charge is 0.414 e. The molecule has 134 valence electrons. The number of nitro groups is 1. The van der Waals surface area contributed by atoms with Crippen molar-refractivity contribution in [1.82, 2.24) is 4.90 Å². The van der Waals surface area contributed by atoms with Gasteiger partial charge in [0.05, 0.1) is 4.92 Å². The van der Waals surface area contributed by atoms with Crippen molar-refractivity contribution in [3.8, 4) is 0 Å². The molecule has 1 fully saturated rings. The zero-order valence-corrected chi connectivity index (χ0v) is 13.6. The molecule has 0 aliphatic carbocycles. The highest BCUT2D eigenvalue weighted by atomic mass is 19.4. The van der Waals surface area contributed by atoms with E-state index in [0.29, 0.717) is 13.1 Å². The summed E-state index contributed by atoms with van der Waals surface area (Å²) in [5, 5.41) is 20.3. The highest BCUT2D eigenvalue weighted by molar-refractivity contribution is 5.40. The average molecular weight is 346 g/mol. The molecule has 1 aliphatic heterocycles. The van der Waals surface area contributed by atoms with Gasteiger partial charge in [0.15, 0.2) is 6.10 Å². The van der Waals surface area contributed by atoms with E-state index in [4.69, 9.17) is 0 Å². The summed E-state index contributed by atoms with van der Waals surface area (Å²) in [7, 11) is 0. The first kappa shape index (κ1) is 18.7. The number of aliphatic hydroxyl groups excluding tert-OH is 1. The van der Waals surface area contributed by atoms with Crippen molar-refractivity contribution >= 4 is 5.69 Å². The standard InChI is InChI=1S/C16H21F3N2O3/c1-10-3-4-13(21(23)24)9-14(10)11(2)20-7-5-12(6-8-20)15(22)16(17,18)19/h3-4,9,11-12,15,22H,5-8H2,1-2H3. The fraction of sp³-hybridized carbons (Fsp3) is 0.625. The molecule has 1 saturated heterocycles. The molecule has 0 aromatic heterocycles. The predicted molar refractivity (Wildman–Crippen MR) is 82.6 cm³/mol. The third kappa shape index (κ3) is 4.05. The highest BCUT2D eigenvalue weighted by Gasteiger charge is 2.44. The molecule has 2 atom stereocenters. The summed E-state index contributed by atoms with van der Waals surface area (Å²) in [6.07, 6.45) is -6.37. The first-order valence-electron chi connectivity index (χ1n) is 7.85. The van der Waals surface area contributed by atoms with Crippen molar-refractivity contribution in [2.75, 3.05) is 13.1 Å². The number of nitrogens with zero attached hydrogens (tertiary/aromatic N) is 2. The molecule has 1 N–H and O–H groups in total. The van der Waals surface area contributed by atoms with Crippen LogP contribution in [0, 0.1) is 23.0 Å². The molecule has 5 nitrogen and oxygen atoms in total. The lowest BCUT2D eigenvalue weighted by Gasteiger charge is -2.38. The third-order valence-electron chi connectivity index (χ3n) is 4.83. The number of benzene rings is 1. The molecule has 2 unspecified atom stereocenters. The molecule has 24 heavy (non-hydrogen) atoms. The maximum Gasteiger partial charge on any atom is 0.414 e. The van der Waals surface area contributed by atoms with Gasteiger partial charge in [-0.25, -0.2) is 0 Å². The van der Waals surface area contributed by atoms with Gasteiger partial charge in [-0.2, -0.15) is 13.2 Å². The smallest absolute Gasteiger partial charge is 0.383 e. The number of alkyl halides is 3. The Hall–Kier alpha value is -1.67. The summed E-state index contributed by atoms with van der Waals surface area (Å²) in [6, 6.07) is 4.52. The molecule has 0 bridgehead atoms. The van der Waals surface area contributed by atoms with Crippen LogP contribution in [0.4, 0.5) is 18.9 Å². The van der Waals surface area contributed by atoms with E-state index in [1.54, 1.807) is 6.07 Å². The number of hydrogen-bond donors (Lipinski definition) is 1. The Bertz CT molecular complexity index is 599. The molecule has 1 heterocycles. The van der Waals surface area contributed by atoms with Crippen molar-refractivity contribution in [3.63, 3.8) is 0 Å². The quantitative estimate of drug-likeness (QED) is 0.668. The lowest BCUT2D eigenvalue weighted by molar-refractivity contribution is -0.385. The van der Waals surface area contributed by atoms with E-state index >= 15 is 0 Å². The number of aryl methyl sites for hydroxylation is 1. The second-order valence-corrected chi connectivity index (χ2v) is 6.33. The SMILES string of the molecule is Cc1ccc([N+](=O)[O-])cc1C(C)N1CCC(C(O)C(F)(F)F)CC1. The summed E-state index contributed by atoms with van der Waals surface area (Å²) < 4.78 is 37.8. The molecular formula is C16H21F3N2O3. The molecule has 2 rings (SSSR count). The van der Waals surface area contributed by atoms with Crippen LogP contribution < -0.4 is 0 Å². The second-order valence-electron chi connectivity index (χ2n) is 6.33. The van der Waals surface area contributed by atoms with Crippen LogP contribution in [0.5, 0.6) is 0 Å². The fourth-order valence-corrected chi connectivity index (χ4v) is 3.28. The zero-order chi connectivity index (χ0) is 18.1. The van der Waals surface area contributed by atoms with Crippen LogP contribution in [0.1, 0.15) is 36.9 Å². The Balaban J connectivity index is 2.07. The number of aliphatic hydroxyl groups is 1. The van der Waals surface area contributed by atoms with Crippen molar-refractivity contribution in [1.29, 1.82) is 0 Å². The lowest BCUT2D eigenvalue weighted by atomic mass is 9.89. The van der Waals surface area contributed by atoms with Crippen LogP contribution in [0.25, 0.3) is 0 Å². The van der Waals surface area contributed by atoms with Crippen molar-refractivity contribution in [2.24, 2.45) is 5.92 Å². The monoisotopic (exact) mass is 346 g/mol. The van der Waals surface area contributed by atoms with E-state index in [-0.39, 0.29) is 24.6 Å². The van der Waals surface area contributed by atoms with Crippen LogP contribution in [0.3, 0.4) is 0 Å². The summed E-state index contributed by atoms with van der Waals surface area (Å²) >= 11 is 0. The number of piperidine rings is 1. The molecule has 0 radical (unpaired) electrons. The van der Waals surface area contributed by atoms with Crippen LogP contribution in [0.15, 0.2) is 18.2 Å². The van der Waals surface area contributed by atoms with Gasteiger partial charge in [-0.15, -0.1) is 0 Å². The maximum atomic E-state index is 12.6. The van der Waals surface area contributed by atoms with Gasteiger partial charge in [0.25, 0.3) is 5.69 Å². The van der Waals surface area contributed by atoms with Gasteiger partial charge >= 0.3 is 6.18 Å². The van der Waals surface area contributed by atoms with E-state index < -0.39 is 23.1 Å². The van der Waals surface area contributed by atoms with E-state index in [0.717, 1.165) is 11.1 Å². The zero-order valence-electron chi connectivity index (χ0n) is 13.6. The van der Waals surface area contributed by atoms with Gasteiger partial charge in [-0.1, -0.05) is 6.07 Å². The minimum Gasteiger partial charge on any atom is -0.383 e. The number of hydrogen-bond acceptors (Lipinski definition) is 4. The normalized spacial score (nSPS) is 19.9. The molecule has 0 amide bonds. The molecule has 1 aromatic carbocycles. The van der Waals surface area contributed by atoms with Gasteiger partial charge in [0.2, 0.25) is 0 Å². The number of rotatable bonds is 4. The second kappa shape index (κ2) is 7.06. The summed E-state index contributed by atoms with van der Waals surface area (Å²) in [5.41, 5.74) is 1.72. The Labute approximate surface area is 138 Å². The first-order chi connectivity index (χ1) is 11.1. The van der Waals surface area contributed by atoms with E-state index in [2.05, 4.69) is 0 Å². The minimum atomic E-state index is -4.59. The lowest BCUT2D eigenvalue weighted by Crippen LogP contribution is -2.44. The van der Waals surface area contributed by atoms with Crippen molar-refractivity contribution in [2.45, 2.75) is 45.0 Å². The molecular weight excluding hydrogens is 325 g/mol. The van der Waals surface area contributed by atoms with Crippen LogP contribution in [0.2, 0.25) is 0 Å². The molecule has 1 aliphatic rings. The van der Waals surface area contributed by atoms with Crippen LogP contribution >= 0.6 is 0 Å². The minimum absolute atomic E-state index is 0.00447. The van der Waals surface area contributed by atoms with Crippen molar-refractivity contribution in [3.05, 3.63) is 39.4 Å². The highest BCUT2D eigenvalue weighted by Crippen LogP contribution is 2.35. The summed E-state index contributed by atoms with van der Waals surface area (Å²) in [6.45, 7) is 4.59. The first-order valence-corrected chi connectivity index (χ1v) is 7.85. The van der Waals surface area contributed by atoms with E-state index in [1.165, 1.54) is 12.1 Å². The Morgan fingerprint density at radius 1 is 1.33 bits per heavy atom.